The van der Waals surface area contributed by atoms with Crippen LogP contribution < -0.4 is 5.32 Å². The van der Waals surface area contributed by atoms with E-state index in [9.17, 15) is 4.79 Å². The molecule has 0 bridgehead atoms. The Kier molecular flexibility index (Phi) is 5.75. The number of benzene rings is 3. The molecule has 0 spiro atoms. The number of hydrogen-bond acceptors (Lipinski definition) is 3. The third kappa shape index (κ3) is 4.18. The van der Waals surface area contributed by atoms with Gasteiger partial charge in [0, 0.05) is 24.6 Å². The maximum absolute atomic E-state index is 13.7. The fraction of sp³-hybridized carbons (Fsp3) is 0.154. The number of rotatable bonds is 7. The summed E-state index contributed by atoms with van der Waals surface area (Å²) in [5.74, 6) is 0.0931. The molecule has 0 saturated carbocycles. The third-order valence-electron chi connectivity index (χ3n) is 5.32. The fourth-order valence-corrected chi connectivity index (χ4v) is 3.61. The molecular formula is C26H25N3O. The molecule has 1 atom stereocenters. The second-order valence-corrected chi connectivity index (χ2v) is 7.48. The molecule has 150 valence electrons. The van der Waals surface area contributed by atoms with Gasteiger partial charge in [0.15, 0.2) is 5.82 Å². The van der Waals surface area contributed by atoms with Crippen molar-refractivity contribution < 1.29 is 4.79 Å². The molecule has 0 radical (unpaired) electrons. The van der Waals surface area contributed by atoms with Crippen LogP contribution in [0.3, 0.4) is 0 Å². The van der Waals surface area contributed by atoms with Gasteiger partial charge in [-0.15, -0.1) is 0 Å². The zero-order valence-corrected chi connectivity index (χ0v) is 17.2. The molecule has 30 heavy (non-hydrogen) atoms. The SMILES string of the molecule is Cc1ccc(NC[C@@H](C(=O)c2nccn2-c2ccccc2C)c2ccccc2)cc1. The van der Waals surface area contributed by atoms with Gasteiger partial charge in [-0.25, -0.2) is 4.98 Å². The number of aromatic nitrogens is 2. The minimum atomic E-state index is -0.349. The first kappa shape index (κ1) is 19.6. The highest BCUT2D eigenvalue weighted by molar-refractivity contribution is 5.99. The number of carbonyl (C=O) groups is 1. The van der Waals surface area contributed by atoms with Gasteiger partial charge in [0.2, 0.25) is 5.78 Å². The lowest BCUT2D eigenvalue weighted by Gasteiger charge is -2.19. The Morgan fingerprint density at radius 1 is 0.933 bits per heavy atom. The van der Waals surface area contributed by atoms with Gasteiger partial charge in [0.1, 0.15) is 0 Å². The van der Waals surface area contributed by atoms with Crippen LogP contribution in [-0.2, 0) is 0 Å². The molecule has 1 heterocycles. The average Bonchev–Trinajstić information content (AvgIpc) is 3.26. The lowest BCUT2D eigenvalue weighted by atomic mass is 9.93. The van der Waals surface area contributed by atoms with Crippen LogP contribution >= 0.6 is 0 Å². The lowest BCUT2D eigenvalue weighted by Crippen LogP contribution is -2.24. The first-order valence-corrected chi connectivity index (χ1v) is 10.1. The Hall–Kier alpha value is -3.66. The van der Waals surface area contributed by atoms with Gasteiger partial charge in [-0.2, -0.15) is 0 Å². The highest BCUT2D eigenvalue weighted by Crippen LogP contribution is 2.24. The van der Waals surface area contributed by atoms with Crippen molar-refractivity contribution >= 4 is 11.5 Å². The molecule has 0 amide bonds. The molecule has 4 nitrogen and oxygen atoms in total. The maximum Gasteiger partial charge on any atom is 0.207 e. The Balaban J connectivity index is 1.66. The standard InChI is InChI=1S/C26H25N3O/c1-19-12-14-22(15-13-19)28-18-23(21-9-4-3-5-10-21)25(30)26-27-16-17-29(26)24-11-7-6-8-20(24)2/h3-17,23,28H,18H2,1-2H3/t23-/m1/s1. The number of para-hydroxylation sites is 1. The Morgan fingerprint density at radius 2 is 1.63 bits per heavy atom. The van der Waals surface area contributed by atoms with Gasteiger partial charge in [-0.1, -0.05) is 66.2 Å². The zero-order valence-electron chi connectivity index (χ0n) is 17.2. The fourth-order valence-electron chi connectivity index (χ4n) is 3.61. The van der Waals surface area contributed by atoms with Crippen molar-refractivity contribution in [3.63, 3.8) is 0 Å². The molecule has 0 fully saturated rings. The Bertz CT molecular complexity index is 1130. The highest BCUT2D eigenvalue weighted by Gasteiger charge is 2.26. The van der Waals surface area contributed by atoms with E-state index < -0.39 is 0 Å². The molecular weight excluding hydrogens is 370 g/mol. The van der Waals surface area contributed by atoms with Crippen molar-refractivity contribution in [2.45, 2.75) is 19.8 Å². The number of hydrogen-bond donors (Lipinski definition) is 1. The van der Waals surface area contributed by atoms with E-state index in [4.69, 9.17) is 0 Å². The summed E-state index contributed by atoms with van der Waals surface area (Å²) in [7, 11) is 0. The van der Waals surface area contributed by atoms with E-state index >= 15 is 0 Å². The van der Waals surface area contributed by atoms with Crippen LogP contribution in [-0.4, -0.2) is 21.9 Å². The van der Waals surface area contributed by atoms with Crippen LogP contribution in [0.1, 0.15) is 33.2 Å². The smallest absolute Gasteiger partial charge is 0.207 e. The molecule has 1 N–H and O–H groups in total. The van der Waals surface area contributed by atoms with E-state index in [-0.39, 0.29) is 11.7 Å². The molecule has 3 aromatic carbocycles. The van der Waals surface area contributed by atoms with E-state index in [2.05, 4.69) is 29.4 Å². The highest BCUT2D eigenvalue weighted by atomic mass is 16.1. The number of aryl methyl sites for hydroxylation is 2. The van der Waals surface area contributed by atoms with Crippen LogP contribution in [0, 0.1) is 13.8 Å². The van der Waals surface area contributed by atoms with Crippen molar-refractivity contribution in [3.8, 4) is 5.69 Å². The number of imidazole rings is 1. The second kappa shape index (κ2) is 8.78. The van der Waals surface area contributed by atoms with Gasteiger partial charge in [-0.05, 0) is 43.2 Å². The van der Waals surface area contributed by atoms with Gasteiger partial charge >= 0.3 is 0 Å². The van der Waals surface area contributed by atoms with Crippen molar-refractivity contribution in [2.75, 3.05) is 11.9 Å². The monoisotopic (exact) mass is 395 g/mol. The normalized spacial score (nSPS) is 11.8. The van der Waals surface area contributed by atoms with Gasteiger partial charge in [0.05, 0.1) is 11.6 Å². The predicted octanol–water partition coefficient (Wildman–Crippen LogP) is 5.57. The van der Waals surface area contributed by atoms with E-state index in [0.717, 1.165) is 22.5 Å². The third-order valence-corrected chi connectivity index (χ3v) is 5.32. The molecule has 0 aliphatic heterocycles. The summed E-state index contributed by atoms with van der Waals surface area (Å²) in [6, 6.07) is 26.1. The summed E-state index contributed by atoms with van der Waals surface area (Å²) in [4.78, 5) is 18.1. The Labute approximate surface area is 177 Å². The summed E-state index contributed by atoms with van der Waals surface area (Å²) in [5, 5.41) is 3.43. The van der Waals surface area contributed by atoms with Gasteiger partial charge < -0.3 is 5.32 Å². The topological polar surface area (TPSA) is 46.9 Å². The summed E-state index contributed by atoms with van der Waals surface area (Å²) in [6.45, 7) is 4.59. The van der Waals surface area contributed by atoms with Crippen molar-refractivity contribution in [1.29, 1.82) is 0 Å². The number of nitrogens with one attached hydrogen (secondary N) is 1. The first-order valence-electron chi connectivity index (χ1n) is 10.1. The van der Waals surface area contributed by atoms with Gasteiger partial charge in [0.25, 0.3) is 0 Å². The maximum atomic E-state index is 13.7. The summed E-state index contributed by atoms with van der Waals surface area (Å²) in [6.07, 6.45) is 3.54. The van der Waals surface area contributed by atoms with E-state index in [0.29, 0.717) is 12.4 Å². The lowest BCUT2D eigenvalue weighted by molar-refractivity contribution is 0.0952. The second-order valence-electron chi connectivity index (χ2n) is 7.48. The minimum Gasteiger partial charge on any atom is -0.384 e. The number of Topliss-reactive ketones (excluding diaryl/α,β-unsaturated/α-hetero) is 1. The first-order chi connectivity index (χ1) is 14.6. The predicted molar refractivity (Wildman–Crippen MR) is 121 cm³/mol. The van der Waals surface area contributed by atoms with Crippen molar-refractivity contribution in [3.05, 3.63) is 114 Å². The quantitative estimate of drug-likeness (QED) is 0.416. The molecule has 0 saturated heterocycles. The van der Waals surface area contributed by atoms with Crippen LogP contribution in [0.5, 0.6) is 0 Å². The minimum absolute atomic E-state index is 0.00550. The van der Waals surface area contributed by atoms with Crippen molar-refractivity contribution in [2.24, 2.45) is 0 Å². The number of anilines is 1. The molecule has 0 unspecified atom stereocenters. The van der Waals surface area contributed by atoms with E-state index in [1.54, 1.807) is 6.20 Å². The molecule has 4 aromatic rings. The number of carbonyl (C=O) groups excluding carboxylic acids is 1. The van der Waals surface area contributed by atoms with Gasteiger partial charge in [-0.3, -0.25) is 9.36 Å². The van der Waals surface area contributed by atoms with Crippen LogP contribution in [0.25, 0.3) is 5.69 Å². The molecule has 0 aliphatic rings. The molecule has 1 aromatic heterocycles. The van der Waals surface area contributed by atoms with Crippen LogP contribution in [0.2, 0.25) is 0 Å². The molecule has 4 rings (SSSR count). The zero-order chi connectivity index (χ0) is 20.9. The number of ketones is 1. The van der Waals surface area contributed by atoms with E-state index in [1.165, 1.54) is 5.56 Å². The Morgan fingerprint density at radius 3 is 2.37 bits per heavy atom. The molecule has 0 aliphatic carbocycles. The summed E-state index contributed by atoms with van der Waals surface area (Å²) < 4.78 is 1.89. The summed E-state index contributed by atoms with van der Waals surface area (Å²) >= 11 is 0. The number of nitrogens with zero attached hydrogens (tertiary/aromatic N) is 2. The van der Waals surface area contributed by atoms with E-state index in [1.807, 2.05) is 84.4 Å². The average molecular weight is 396 g/mol. The van der Waals surface area contributed by atoms with Crippen molar-refractivity contribution in [1.82, 2.24) is 9.55 Å². The van der Waals surface area contributed by atoms with Crippen LogP contribution in [0.15, 0.2) is 91.3 Å². The molecule has 4 heteroatoms. The van der Waals surface area contributed by atoms with Crippen LogP contribution in [0.4, 0.5) is 5.69 Å². The largest absolute Gasteiger partial charge is 0.384 e. The summed E-state index contributed by atoms with van der Waals surface area (Å²) in [5.41, 5.74) is 5.24.